The molecule has 0 fully saturated rings. The van der Waals surface area contributed by atoms with Crippen LogP contribution < -0.4 is 4.74 Å². The van der Waals surface area contributed by atoms with Crippen LogP contribution in [0, 0.1) is 6.92 Å². The summed E-state index contributed by atoms with van der Waals surface area (Å²) in [6.07, 6.45) is 3.77. The summed E-state index contributed by atoms with van der Waals surface area (Å²) in [5.41, 5.74) is 3.39. The molecular weight excluding hydrogens is 262 g/mol. The van der Waals surface area contributed by atoms with Gasteiger partial charge in [-0.15, -0.1) is 0 Å². The first-order valence-corrected chi connectivity index (χ1v) is 6.12. The highest BCUT2D eigenvalue weighted by Crippen LogP contribution is 2.24. The summed E-state index contributed by atoms with van der Waals surface area (Å²) in [5.74, 6) is 0.130. The number of alkyl halides is 2. The number of nitrogens with zero attached hydrogens (tertiary/aromatic N) is 2. The summed E-state index contributed by atoms with van der Waals surface area (Å²) in [5, 5.41) is 0. The van der Waals surface area contributed by atoms with Gasteiger partial charge in [-0.25, -0.2) is 4.98 Å². The maximum absolute atomic E-state index is 12.2. The first kappa shape index (κ1) is 12.6. The molecule has 0 saturated heterocycles. The highest BCUT2D eigenvalue weighted by Gasteiger charge is 2.08. The van der Waals surface area contributed by atoms with Crippen LogP contribution in [-0.2, 0) is 0 Å². The van der Waals surface area contributed by atoms with Gasteiger partial charge in [-0.05, 0) is 36.8 Å². The van der Waals surface area contributed by atoms with Crippen molar-refractivity contribution in [2.45, 2.75) is 13.5 Å². The third kappa shape index (κ3) is 2.47. The third-order valence-electron chi connectivity index (χ3n) is 2.97. The van der Waals surface area contributed by atoms with Crippen LogP contribution in [0.15, 0.2) is 48.8 Å². The predicted molar refractivity (Wildman–Crippen MR) is 72.0 cm³/mol. The molecule has 0 saturated carbocycles. The zero-order valence-corrected chi connectivity index (χ0v) is 10.8. The first-order chi connectivity index (χ1) is 9.61. The molecule has 102 valence electrons. The van der Waals surface area contributed by atoms with Gasteiger partial charge in [0.05, 0.1) is 5.69 Å². The Morgan fingerprint density at radius 2 is 2.05 bits per heavy atom. The van der Waals surface area contributed by atoms with E-state index in [1.54, 1.807) is 12.1 Å². The molecule has 2 aromatic heterocycles. The number of benzene rings is 1. The standard InChI is InChI=1S/C15H12F2N2O/c1-10-5-6-19-9-13(18-14(19)7-10)11-3-2-4-12(8-11)20-15(16)17/h2-9,15H,1H3. The van der Waals surface area contributed by atoms with E-state index in [4.69, 9.17) is 0 Å². The lowest BCUT2D eigenvalue weighted by Gasteiger charge is -2.05. The Labute approximate surface area is 114 Å². The Balaban J connectivity index is 2.01. The van der Waals surface area contributed by atoms with Gasteiger partial charge in [0, 0.05) is 18.0 Å². The van der Waals surface area contributed by atoms with Gasteiger partial charge in [0.2, 0.25) is 0 Å². The molecule has 1 aromatic carbocycles. The second-order valence-electron chi connectivity index (χ2n) is 4.50. The molecule has 3 rings (SSSR count). The minimum absolute atomic E-state index is 0.130. The quantitative estimate of drug-likeness (QED) is 0.724. The van der Waals surface area contributed by atoms with Gasteiger partial charge in [-0.2, -0.15) is 8.78 Å². The molecule has 0 N–H and O–H groups in total. The average molecular weight is 274 g/mol. The van der Waals surface area contributed by atoms with Crippen molar-refractivity contribution in [3.05, 3.63) is 54.4 Å². The van der Waals surface area contributed by atoms with Crippen LogP contribution in [0.2, 0.25) is 0 Å². The lowest BCUT2D eigenvalue weighted by atomic mass is 10.1. The van der Waals surface area contributed by atoms with Gasteiger partial charge in [0.25, 0.3) is 0 Å². The van der Waals surface area contributed by atoms with Crippen LogP contribution in [0.3, 0.4) is 0 Å². The Hall–Kier alpha value is -2.43. The molecule has 20 heavy (non-hydrogen) atoms. The van der Waals surface area contributed by atoms with Gasteiger partial charge < -0.3 is 9.14 Å². The number of halogens is 2. The number of pyridine rings is 1. The van der Waals surface area contributed by atoms with Crippen molar-refractivity contribution >= 4 is 5.65 Å². The van der Waals surface area contributed by atoms with Crippen LogP contribution in [0.5, 0.6) is 5.75 Å². The summed E-state index contributed by atoms with van der Waals surface area (Å²) in [6.45, 7) is -0.834. The number of rotatable bonds is 3. The van der Waals surface area contributed by atoms with Crippen molar-refractivity contribution in [3.63, 3.8) is 0 Å². The van der Waals surface area contributed by atoms with Crippen molar-refractivity contribution in [2.24, 2.45) is 0 Å². The molecule has 0 atom stereocenters. The SMILES string of the molecule is Cc1ccn2cc(-c3cccc(OC(F)F)c3)nc2c1. The molecule has 0 radical (unpaired) electrons. The van der Waals surface area contributed by atoms with E-state index in [2.05, 4.69) is 9.72 Å². The molecule has 0 aliphatic carbocycles. The van der Waals surface area contributed by atoms with E-state index in [1.807, 2.05) is 41.9 Å². The molecule has 5 heteroatoms. The van der Waals surface area contributed by atoms with Crippen LogP contribution in [0.4, 0.5) is 8.78 Å². The molecule has 3 aromatic rings. The van der Waals surface area contributed by atoms with E-state index in [0.29, 0.717) is 0 Å². The first-order valence-electron chi connectivity index (χ1n) is 6.12. The Kier molecular flexibility index (Phi) is 3.10. The van der Waals surface area contributed by atoms with E-state index in [1.165, 1.54) is 6.07 Å². The summed E-state index contributed by atoms with van der Waals surface area (Å²) in [4.78, 5) is 4.48. The largest absolute Gasteiger partial charge is 0.435 e. The van der Waals surface area contributed by atoms with E-state index in [9.17, 15) is 8.78 Å². The summed E-state index contributed by atoms with van der Waals surface area (Å²) in [7, 11) is 0. The third-order valence-corrected chi connectivity index (χ3v) is 2.97. The highest BCUT2D eigenvalue weighted by molar-refractivity contribution is 5.64. The number of ether oxygens (including phenoxy) is 1. The van der Waals surface area contributed by atoms with Gasteiger partial charge in [0.1, 0.15) is 11.4 Å². The van der Waals surface area contributed by atoms with E-state index < -0.39 is 6.61 Å². The number of aryl methyl sites for hydroxylation is 1. The predicted octanol–water partition coefficient (Wildman–Crippen LogP) is 3.91. The molecule has 0 bridgehead atoms. The van der Waals surface area contributed by atoms with Gasteiger partial charge >= 0.3 is 6.61 Å². The Morgan fingerprint density at radius 1 is 1.20 bits per heavy atom. The monoisotopic (exact) mass is 274 g/mol. The molecule has 0 spiro atoms. The molecule has 2 heterocycles. The molecule has 0 unspecified atom stereocenters. The van der Waals surface area contributed by atoms with Crippen molar-refractivity contribution in [2.75, 3.05) is 0 Å². The van der Waals surface area contributed by atoms with Crippen LogP contribution in [0.25, 0.3) is 16.9 Å². The van der Waals surface area contributed by atoms with Crippen LogP contribution >= 0.6 is 0 Å². The van der Waals surface area contributed by atoms with E-state index in [-0.39, 0.29) is 5.75 Å². The minimum atomic E-state index is -2.83. The average Bonchev–Trinajstić information content (AvgIpc) is 2.81. The Morgan fingerprint density at radius 3 is 2.85 bits per heavy atom. The summed E-state index contributed by atoms with van der Waals surface area (Å²) >= 11 is 0. The lowest BCUT2D eigenvalue weighted by Crippen LogP contribution is -2.01. The molecule has 0 amide bonds. The van der Waals surface area contributed by atoms with Gasteiger partial charge in [0.15, 0.2) is 0 Å². The van der Waals surface area contributed by atoms with E-state index >= 15 is 0 Å². The van der Waals surface area contributed by atoms with Crippen molar-refractivity contribution in [1.29, 1.82) is 0 Å². The van der Waals surface area contributed by atoms with Gasteiger partial charge in [-0.1, -0.05) is 12.1 Å². The zero-order valence-electron chi connectivity index (χ0n) is 10.8. The summed E-state index contributed by atoms with van der Waals surface area (Å²) in [6, 6.07) is 10.5. The fraction of sp³-hybridized carbons (Fsp3) is 0.133. The highest BCUT2D eigenvalue weighted by atomic mass is 19.3. The maximum Gasteiger partial charge on any atom is 0.387 e. The zero-order chi connectivity index (χ0) is 14.1. The topological polar surface area (TPSA) is 26.5 Å². The minimum Gasteiger partial charge on any atom is -0.435 e. The lowest BCUT2D eigenvalue weighted by molar-refractivity contribution is -0.0498. The second-order valence-corrected chi connectivity index (χ2v) is 4.50. The van der Waals surface area contributed by atoms with Crippen LogP contribution in [-0.4, -0.2) is 16.0 Å². The molecule has 0 aliphatic rings. The summed E-state index contributed by atoms with van der Waals surface area (Å²) < 4.78 is 30.7. The molecule has 3 nitrogen and oxygen atoms in total. The Bertz CT molecular complexity index is 752. The van der Waals surface area contributed by atoms with Crippen molar-refractivity contribution in [1.82, 2.24) is 9.38 Å². The number of hydrogen-bond donors (Lipinski definition) is 0. The molecular formula is C15H12F2N2O. The second kappa shape index (κ2) is 4.92. The number of fused-ring (bicyclic) bond motifs is 1. The smallest absolute Gasteiger partial charge is 0.387 e. The number of imidazole rings is 1. The van der Waals surface area contributed by atoms with Gasteiger partial charge in [-0.3, -0.25) is 0 Å². The number of aromatic nitrogens is 2. The van der Waals surface area contributed by atoms with Crippen molar-refractivity contribution < 1.29 is 13.5 Å². The van der Waals surface area contributed by atoms with E-state index in [0.717, 1.165) is 22.5 Å². The molecule has 0 aliphatic heterocycles. The fourth-order valence-corrected chi connectivity index (χ4v) is 2.05. The fourth-order valence-electron chi connectivity index (χ4n) is 2.05. The number of hydrogen-bond acceptors (Lipinski definition) is 2. The normalized spacial score (nSPS) is 11.2. The maximum atomic E-state index is 12.2. The van der Waals surface area contributed by atoms with Crippen molar-refractivity contribution in [3.8, 4) is 17.0 Å². The van der Waals surface area contributed by atoms with Crippen LogP contribution in [0.1, 0.15) is 5.56 Å².